The largest absolute Gasteiger partial charge is 0.494 e. The normalized spacial score (nSPS) is 10.5. The van der Waals surface area contributed by atoms with Crippen LogP contribution in [0.25, 0.3) is 0 Å². The number of hydrogen-bond donors (Lipinski definition) is 3. The van der Waals surface area contributed by atoms with Crippen molar-refractivity contribution in [3.8, 4) is 11.5 Å². The summed E-state index contributed by atoms with van der Waals surface area (Å²) < 4.78 is 11.0. The Kier molecular flexibility index (Phi) is 10.2. The van der Waals surface area contributed by atoms with Gasteiger partial charge in [-0.3, -0.25) is 14.4 Å². The summed E-state index contributed by atoms with van der Waals surface area (Å²) in [5, 5.41) is 9.05. The average molecular weight is 503 g/mol. The Balaban J connectivity index is 1.55. The molecule has 0 aromatic heterocycles. The number of unbranched alkanes of at least 4 members (excludes halogenated alkanes) is 1. The van der Waals surface area contributed by atoms with E-state index in [1.54, 1.807) is 66.7 Å². The summed E-state index contributed by atoms with van der Waals surface area (Å²) in [5.41, 5.74) is 3.85. The minimum absolute atomic E-state index is 0.189. The highest BCUT2D eigenvalue weighted by Crippen LogP contribution is 2.20. The summed E-state index contributed by atoms with van der Waals surface area (Å²) >= 11 is 0. The number of benzene rings is 3. The quantitative estimate of drug-likeness (QED) is 0.153. The molecule has 0 spiro atoms. The first kappa shape index (κ1) is 26.9. The first-order valence-electron chi connectivity index (χ1n) is 12.0. The standard InChI is InChI=1S/C28H30N4O5/c1-3-5-18-37-23-14-10-20(11-15-23)19-29-32-28(35)27(34)31-25-9-7-6-8-24(25)26(33)30-21-12-16-22(17-13-21)36-4-2/h6-17,19H,3-5,18H2,1-2H3,(H,30,33)(H,31,34)(H,32,35). The smallest absolute Gasteiger partial charge is 0.329 e. The fourth-order valence-electron chi connectivity index (χ4n) is 3.17. The van der Waals surface area contributed by atoms with Gasteiger partial charge in [0.05, 0.1) is 30.7 Å². The van der Waals surface area contributed by atoms with Gasteiger partial charge in [-0.05, 0) is 79.6 Å². The third kappa shape index (κ3) is 8.50. The molecule has 0 saturated heterocycles. The summed E-state index contributed by atoms with van der Waals surface area (Å²) in [6, 6.07) is 20.5. The van der Waals surface area contributed by atoms with Crippen LogP contribution >= 0.6 is 0 Å². The van der Waals surface area contributed by atoms with E-state index in [4.69, 9.17) is 9.47 Å². The summed E-state index contributed by atoms with van der Waals surface area (Å²) in [6.45, 7) is 5.18. The van der Waals surface area contributed by atoms with Crippen molar-refractivity contribution in [2.75, 3.05) is 23.8 Å². The molecule has 9 heteroatoms. The Bertz CT molecular complexity index is 1220. The number of para-hydroxylation sites is 1. The van der Waals surface area contributed by atoms with E-state index < -0.39 is 17.7 Å². The fourth-order valence-corrected chi connectivity index (χ4v) is 3.17. The van der Waals surface area contributed by atoms with Crippen LogP contribution in [0.3, 0.4) is 0 Å². The molecule has 37 heavy (non-hydrogen) atoms. The van der Waals surface area contributed by atoms with Crippen LogP contribution in [0.15, 0.2) is 77.9 Å². The molecular weight excluding hydrogens is 472 g/mol. The number of hydrogen-bond acceptors (Lipinski definition) is 6. The Labute approximate surface area is 215 Å². The third-order valence-electron chi connectivity index (χ3n) is 5.08. The molecule has 0 heterocycles. The van der Waals surface area contributed by atoms with Gasteiger partial charge in [-0.25, -0.2) is 5.43 Å². The van der Waals surface area contributed by atoms with Gasteiger partial charge >= 0.3 is 11.8 Å². The molecule has 0 atom stereocenters. The Morgan fingerprint density at radius 1 is 0.811 bits per heavy atom. The number of amides is 3. The number of nitrogens with one attached hydrogen (secondary N) is 3. The lowest BCUT2D eigenvalue weighted by molar-refractivity contribution is -0.136. The molecule has 0 fully saturated rings. The van der Waals surface area contributed by atoms with Crippen molar-refractivity contribution in [2.24, 2.45) is 5.10 Å². The molecule has 3 rings (SSSR count). The minimum atomic E-state index is -0.975. The maximum absolute atomic E-state index is 12.8. The van der Waals surface area contributed by atoms with Crippen LogP contribution in [0.2, 0.25) is 0 Å². The van der Waals surface area contributed by atoms with E-state index in [1.807, 2.05) is 6.92 Å². The Morgan fingerprint density at radius 3 is 2.19 bits per heavy atom. The van der Waals surface area contributed by atoms with Crippen molar-refractivity contribution in [1.82, 2.24) is 5.43 Å². The van der Waals surface area contributed by atoms with Crippen LogP contribution in [-0.4, -0.2) is 37.1 Å². The zero-order chi connectivity index (χ0) is 26.5. The molecule has 3 N–H and O–H groups in total. The van der Waals surface area contributed by atoms with E-state index in [-0.39, 0.29) is 11.3 Å². The molecule has 3 amide bonds. The molecule has 0 bridgehead atoms. The van der Waals surface area contributed by atoms with Crippen molar-refractivity contribution in [3.63, 3.8) is 0 Å². The molecule has 192 valence electrons. The van der Waals surface area contributed by atoms with Crippen molar-refractivity contribution < 1.29 is 23.9 Å². The summed E-state index contributed by atoms with van der Waals surface area (Å²) in [7, 11) is 0. The maximum atomic E-state index is 12.8. The van der Waals surface area contributed by atoms with Gasteiger partial charge in [-0.15, -0.1) is 0 Å². The number of carbonyl (C=O) groups excluding carboxylic acids is 3. The van der Waals surface area contributed by atoms with Gasteiger partial charge in [0.1, 0.15) is 11.5 Å². The number of ether oxygens (including phenoxy) is 2. The van der Waals surface area contributed by atoms with Gasteiger partial charge in [-0.2, -0.15) is 5.10 Å². The highest BCUT2D eigenvalue weighted by atomic mass is 16.5. The monoisotopic (exact) mass is 502 g/mol. The molecule has 0 aliphatic carbocycles. The first-order valence-corrected chi connectivity index (χ1v) is 12.0. The molecule has 9 nitrogen and oxygen atoms in total. The second-order valence-electron chi connectivity index (χ2n) is 7.88. The molecule has 0 unspecified atom stereocenters. The van der Waals surface area contributed by atoms with E-state index in [1.165, 1.54) is 12.3 Å². The van der Waals surface area contributed by atoms with Gasteiger partial charge in [0.15, 0.2) is 0 Å². The van der Waals surface area contributed by atoms with Gasteiger partial charge in [0.2, 0.25) is 0 Å². The number of nitrogens with zero attached hydrogens (tertiary/aromatic N) is 1. The molecular formula is C28H30N4O5. The molecule has 0 aliphatic rings. The van der Waals surface area contributed by atoms with Crippen molar-refractivity contribution in [1.29, 1.82) is 0 Å². The lowest BCUT2D eigenvalue weighted by Crippen LogP contribution is -2.33. The molecule has 3 aromatic carbocycles. The number of hydrazone groups is 1. The highest BCUT2D eigenvalue weighted by molar-refractivity contribution is 6.40. The second-order valence-corrected chi connectivity index (χ2v) is 7.88. The van der Waals surface area contributed by atoms with E-state index in [9.17, 15) is 14.4 Å². The number of anilines is 2. The highest BCUT2D eigenvalue weighted by Gasteiger charge is 2.17. The lowest BCUT2D eigenvalue weighted by Gasteiger charge is -2.11. The van der Waals surface area contributed by atoms with Crippen LogP contribution in [0.5, 0.6) is 11.5 Å². The van der Waals surface area contributed by atoms with Crippen LogP contribution in [0, 0.1) is 0 Å². The van der Waals surface area contributed by atoms with Crippen LogP contribution in [0.1, 0.15) is 42.6 Å². The fraction of sp³-hybridized carbons (Fsp3) is 0.214. The average Bonchev–Trinajstić information content (AvgIpc) is 2.91. The second kappa shape index (κ2) is 14.0. The lowest BCUT2D eigenvalue weighted by atomic mass is 10.1. The van der Waals surface area contributed by atoms with E-state index >= 15 is 0 Å². The maximum Gasteiger partial charge on any atom is 0.329 e. The van der Waals surface area contributed by atoms with Crippen LogP contribution in [0.4, 0.5) is 11.4 Å². The summed E-state index contributed by atoms with van der Waals surface area (Å²) in [5.74, 6) is -0.939. The zero-order valence-corrected chi connectivity index (χ0v) is 20.8. The third-order valence-corrected chi connectivity index (χ3v) is 5.08. The first-order chi connectivity index (χ1) is 18.0. The summed E-state index contributed by atoms with van der Waals surface area (Å²) in [4.78, 5) is 37.4. The zero-order valence-electron chi connectivity index (χ0n) is 20.8. The minimum Gasteiger partial charge on any atom is -0.494 e. The molecule has 3 aromatic rings. The predicted octanol–water partition coefficient (Wildman–Crippen LogP) is 4.61. The molecule has 0 radical (unpaired) electrons. The number of carbonyl (C=O) groups is 3. The van der Waals surface area contributed by atoms with E-state index in [0.29, 0.717) is 24.7 Å². The van der Waals surface area contributed by atoms with Crippen LogP contribution < -0.4 is 25.5 Å². The van der Waals surface area contributed by atoms with E-state index in [2.05, 4.69) is 28.1 Å². The van der Waals surface area contributed by atoms with Crippen LogP contribution in [-0.2, 0) is 9.59 Å². The van der Waals surface area contributed by atoms with E-state index in [0.717, 1.165) is 24.2 Å². The summed E-state index contributed by atoms with van der Waals surface area (Å²) in [6.07, 6.45) is 3.45. The van der Waals surface area contributed by atoms with Crippen molar-refractivity contribution >= 4 is 35.3 Å². The molecule has 0 saturated carbocycles. The van der Waals surface area contributed by atoms with Gasteiger partial charge in [0, 0.05) is 5.69 Å². The van der Waals surface area contributed by atoms with Gasteiger partial charge in [0.25, 0.3) is 5.91 Å². The van der Waals surface area contributed by atoms with Crippen molar-refractivity contribution in [3.05, 3.63) is 83.9 Å². The molecule has 0 aliphatic heterocycles. The van der Waals surface area contributed by atoms with Gasteiger partial charge < -0.3 is 20.1 Å². The Morgan fingerprint density at radius 2 is 1.49 bits per heavy atom. The predicted molar refractivity (Wildman–Crippen MR) is 143 cm³/mol. The SMILES string of the molecule is CCCCOc1ccc(C=NNC(=O)C(=O)Nc2ccccc2C(=O)Nc2ccc(OCC)cc2)cc1. The van der Waals surface area contributed by atoms with Gasteiger partial charge in [-0.1, -0.05) is 25.5 Å². The number of rotatable bonds is 11. The van der Waals surface area contributed by atoms with Crippen molar-refractivity contribution in [2.45, 2.75) is 26.7 Å². The Hall–Kier alpha value is -4.66. The topological polar surface area (TPSA) is 118 Å².